The van der Waals surface area contributed by atoms with Crippen molar-refractivity contribution < 1.29 is 9.15 Å². The van der Waals surface area contributed by atoms with Gasteiger partial charge in [-0.1, -0.05) is 20.8 Å². The molecule has 0 unspecified atom stereocenters. The minimum atomic E-state index is 0.284. The molecule has 4 heteroatoms. The van der Waals surface area contributed by atoms with Crippen molar-refractivity contribution in [1.29, 1.82) is 0 Å². The second-order valence-electron chi connectivity index (χ2n) is 6.13. The zero-order valence-electron chi connectivity index (χ0n) is 12.3. The lowest BCUT2D eigenvalue weighted by atomic mass is 9.89. The van der Waals surface area contributed by atoms with E-state index in [0.717, 1.165) is 37.5 Å². The molecule has 0 saturated heterocycles. The lowest BCUT2D eigenvalue weighted by Gasteiger charge is -2.25. The van der Waals surface area contributed by atoms with Crippen LogP contribution in [-0.4, -0.2) is 17.6 Å². The summed E-state index contributed by atoms with van der Waals surface area (Å²) in [6.07, 6.45) is 7.12. The molecular weight excluding hydrogens is 240 g/mol. The fourth-order valence-corrected chi connectivity index (χ4v) is 2.40. The minimum Gasteiger partial charge on any atom is -0.447 e. The Morgan fingerprint density at radius 3 is 2.79 bits per heavy atom. The molecule has 1 aromatic rings. The Morgan fingerprint density at radius 1 is 1.37 bits per heavy atom. The molecule has 0 radical (unpaired) electrons. The molecule has 19 heavy (non-hydrogen) atoms. The van der Waals surface area contributed by atoms with Crippen molar-refractivity contribution >= 4 is 0 Å². The van der Waals surface area contributed by atoms with Crippen LogP contribution in [0.15, 0.2) is 10.7 Å². The molecule has 0 aromatic carbocycles. The molecule has 0 atom stereocenters. The second kappa shape index (κ2) is 6.94. The van der Waals surface area contributed by atoms with Crippen molar-refractivity contribution in [3.05, 3.63) is 12.0 Å². The van der Waals surface area contributed by atoms with Gasteiger partial charge in [0.2, 0.25) is 0 Å². The Hall–Kier alpha value is -1.03. The summed E-state index contributed by atoms with van der Waals surface area (Å²) in [5.41, 5.74) is 0.917. The number of aromatic nitrogens is 1. The third-order valence-electron chi connectivity index (χ3n) is 3.62. The van der Waals surface area contributed by atoms with Gasteiger partial charge in [0.15, 0.2) is 0 Å². The molecule has 1 heterocycles. The number of nitrogens with one attached hydrogen (secondary N) is 1. The van der Waals surface area contributed by atoms with E-state index in [-0.39, 0.29) is 6.10 Å². The molecule has 1 N–H and O–H groups in total. The van der Waals surface area contributed by atoms with E-state index in [4.69, 9.17) is 9.15 Å². The number of hydrogen-bond donors (Lipinski definition) is 1. The highest BCUT2D eigenvalue weighted by Gasteiger charge is 2.21. The van der Waals surface area contributed by atoms with Crippen molar-refractivity contribution in [2.75, 3.05) is 6.54 Å². The summed E-state index contributed by atoms with van der Waals surface area (Å²) in [4.78, 5) is 4.37. The predicted molar refractivity (Wildman–Crippen MR) is 75.1 cm³/mol. The summed E-state index contributed by atoms with van der Waals surface area (Å²) in [7, 11) is 0. The van der Waals surface area contributed by atoms with Crippen molar-refractivity contribution in [2.45, 2.75) is 59.1 Å². The maximum Gasteiger partial charge on any atom is 0.394 e. The van der Waals surface area contributed by atoms with Gasteiger partial charge in [-0.05, 0) is 44.1 Å². The molecule has 0 amide bonds. The first-order chi connectivity index (χ1) is 9.13. The summed E-state index contributed by atoms with van der Waals surface area (Å²) in [6.45, 7) is 8.42. The van der Waals surface area contributed by atoms with E-state index < -0.39 is 0 Å². The Bertz CT molecular complexity index is 368. The van der Waals surface area contributed by atoms with Crippen LogP contribution in [0.2, 0.25) is 0 Å². The third kappa shape index (κ3) is 4.86. The molecule has 0 aliphatic heterocycles. The largest absolute Gasteiger partial charge is 0.447 e. The van der Waals surface area contributed by atoms with Crippen LogP contribution in [0.5, 0.6) is 6.08 Å². The molecule has 1 fully saturated rings. The van der Waals surface area contributed by atoms with Crippen molar-refractivity contribution in [3.63, 3.8) is 0 Å². The van der Waals surface area contributed by atoms with Crippen LogP contribution in [-0.2, 0) is 6.54 Å². The van der Waals surface area contributed by atoms with Gasteiger partial charge in [-0.15, -0.1) is 0 Å². The van der Waals surface area contributed by atoms with Gasteiger partial charge in [0.25, 0.3) is 0 Å². The van der Waals surface area contributed by atoms with Crippen LogP contribution in [0.1, 0.15) is 52.1 Å². The van der Waals surface area contributed by atoms with E-state index in [1.54, 1.807) is 6.26 Å². The molecule has 1 aliphatic rings. The lowest BCUT2D eigenvalue weighted by Crippen LogP contribution is -2.23. The summed E-state index contributed by atoms with van der Waals surface area (Å²) in [6, 6.07) is 0. The Kier molecular flexibility index (Phi) is 5.25. The van der Waals surface area contributed by atoms with Gasteiger partial charge in [0.1, 0.15) is 12.4 Å². The maximum atomic E-state index is 5.81. The fraction of sp³-hybridized carbons (Fsp3) is 0.800. The third-order valence-corrected chi connectivity index (χ3v) is 3.62. The fourth-order valence-electron chi connectivity index (χ4n) is 2.40. The van der Waals surface area contributed by atoms with Crippen LogP contribution in [0.25, 0.3) is 0 Å². The average molecular weight is 266 g/mol. The van der Waals surface area contributed by atoms with Gasteiger partial charge in [0, 0.05) is 6.54 Å². The van der Waals surface area contributed by atoms with Gasteiger partial charge in [-0.2, -0.15) is 4.98 Å². The summed E-state index contributed by atoms with van der Waals surface area (Å²) >= 11 is 0. The summed E-state index contributed by atoms with van der Waals surface area (Å²) in [5, 5.41) is 3.35. The second-order valence-corrected chi connectivity index (χ2v) is 6.13. The quantitative estimate of drug-likeness (QED) is 0.857. The Labute approximate surface area is 115 Å². The highest BCUT2D eigenvalue weighted by Crippen LogP contribution is 2.26. The molecule has 0 bridgehead atoms. The maximum absolute atomic E-state index is 5.81. The average Bonchev–Trinajstić information content (AvgIpc) is 2.79. The summed E-state index contributed by atoms with van der Waals surface area (Å²) in [5.74, 6) is 1.48. The monoisotopic (exact) mass is 266 g/mol. The van der Waals surface area contributed by atoms with Gasteiger partial charge in [0.05, 0.1) is 5.69 Å². The first kappa shape index (κ1) is 14.4. The molecular formula is C15H26N2O2. The van der Waals surface area contributed by atoms with Gasteiger partial charge >= 0.3 is 6.08 Å². The SMILES string of the molecule is CC(C)CNCc1coc(OC2CCC(C)CC2)n1. The summed E-state index contributed by atoms with van der Waals surface area (Å²) < 4.78 is 11.2. The molecule has 2 rings (SSSR count). The number of rotatable bonds is 6. The Balaban J connectivity index is 1.74. The van der Waals surface area contributed by atoms with Crippen LogP contribution in [0, 0.1) is 11.8 Å². The smallest absolute Gasteiger partial charge is 0.394 e. The molecule has 4 nitrogen and oxygen atoms in total. The van der Waals surface area contributed by atoms with Crippen molar-refractivity contribution in [3.8, 4) is 6.08 Å². The first-order valence-corrected chi connectivity index (χ1v) is 7.45. The standard InChI is InChI=1S/C15H26N2O2/c1-11(2)8-16-9-13-10-18-15(17-13)19-14-6-4-12(3)5-7-14/h10-12,14,16H,4-9H2,1-3H3. The van der Waals surface area contributed by atoms with Crippen LogP contribution < -0.4 is 10.1 Å². The highest BCUT2D eigenvalue weighted by atomic mass is 16.6. The molecule has 1 aromatic heterocycles. The number of hydrogen-bond acceptors (Lipinski definition) is 4. The molecule has 0 spiro atoms. The molecule has 1 aliphatic carbocycles. The van der Waals surface area contributed by atoms with E-state index in [0.29, 0.717) is 12.0 Å². The lowest BCUT2D eigenvalue weighted by molar-refractivity contribution is 0.0990. The van der Waals surface area contributed by atoms with Crippen LogP contribution in [0.3, 0.4) is 0 Å². The van der Waals surface area contributed by atoms with E-state index in [9.17, 15) is 0 Å². The minimum absolute atomic E-state index is 0.284. The molecule has 1 saturated carbocycles. The molecule has 108 valence electrons. The van der Waals surface area contributed by atoms with Gasteiger partial charge < -0.3 is 14.5 Å². The highest BCUT2D eigenvalue weighted by molar-refractivity contribution is 5.00. The predicted octanol–water partition coefficient (Wildman–Crippen LogP) is 3.38. The Morgan fingerprint density at radius 2 is 2.11 bits per heavy atom. The zero-order valence-corrected chi connectivity index (χ0v) is 12.3. The normalized spacial score (nSPS) is 23.8. The zero-order chi connectivity index (χ0) is 13.7. The van der Waals surface area contributed by atoms with Gasteiger partial charge in [-0.3, -0.25) is 0 Å². The van der Waals surface area contributed by atoms with E-state index in [1.165, 1.54) is 12.8 Å². The first-order valence-electron chi connectivity index (χ1n) is 7.45. The van der Waals surface area contributed by atoms with Crippen molar-refractivity contribution in [1.82, 2.24) is 10.3 Å². The number of nitrogens with zero attached hydrogens (tertiary/aromatic N) is 1. The topological polar surface area (TPSA) is 47.3 Å². The van der Waals surface area contributed by atoms with E-state index >= 15 is 0 Å². The van der Waals surface area contributed by atoms with E-state index in [2.05, 4.69) is 31.1 Å². The van der Waals surface area contributed by atoms with Gasteiger partial charge in [-0.25, -0.2) is 0 Å². The van der Waals surface area contributed by atoms with Crippen LogP contribution in [0.4, 0.5) is 0 Å². The van der Waals surface area contributed by atoms with Crippen molar-refractivity contribution in [2.24, 2.45) is 11.8 Å². The number of oxazole rings is 1. The number of ether oxygens (including phenoxy) is 1. The van der Waals surface area contributed by atoms with E-state index in [1.807, 2.05) is 0 Å². The van der Waals surface area contributed by atoms with Crippen LogP contribution >= 0.6 is 0 Å².